The molecule has 2 N–H and O–H groups in total. The fraction of sp³-hybridized carbons (Fsp3) is 0.167. The van der Waals surface area contributed by atoms with Gasteiger partial charge in [-0.2, -0.15) is 0 Å². The van der Waals surface area contributed by atoms with Crippen LogP contribution in [0.4, 0.5) is 0 Å². The van der Waals surface area contributed by atoms with Crippen LogP contribution in [0, 0.1) is 0 Å². The quantitative estimate of drug-likeness (QED) is 0.724. The second-order valence-corrected chi connectivity index (χ2v) is 5.19. The van der Waals surface area contributed by atoms with Crippen LogP contribution in [0.15, 0.2) is 42.6 Å². The zero-order valence-electron chi connectivity index (χ0n) is 12.9. The number of pyridine rings is 1. The van der Waals surface area contributed by atoms with Crippen LogP contribution < -0.4 is 9.47 Å². The average molecular weight is 311 g/mol. The van der Waals surface area contributed by atoms with E-state index in [-0.39, 0.29) is 11.5 Å². The maximum absolute atomic E-state index is 9.63. The first-order chi connectivity index (χ1) is 11.1. The lowest BCUT2D eigenvalue weighted by atomic mass is 10.0. The molecule has 0 aliphatic heterocycles. The van der Waals surface area contributed by atoms with E-state index in [4.69, 9.17) is 9.47 Å². The maximum Gasteiger partial charge on any atom is 0.161 e. The minimum absolute atomic E-state index is 0.133. The molecule has 1 aromatic heterocycles. The smallest absolute Gasteiger partial charge is 0.161 e. The van der Waals surface area contributed by atoms with Crippen molar-refractivity contribution in [3.63, 3.8) is 0 Å². The average Bonchev–Trinajstić information content (AvgIpc) is 2.57. The SMILES string of the molecule is COc1cc2ccnc(Cc3ccc(O)c(O)c3)c2cc1OC. The van der Waals surface area contributed by atoms with E-state index in [0.717, 1.165) is 22.0 Å². The van der Waals surface area contributed by atoms with Crippen LogP contribution in [0.25, 0.3) is 10.8 Å². The lowest BCUT2D eigenvalue weighted by Gasteiger charge is -2.12. The highest BCUT2D eigenvalue weighted by Gasteiger charge is 2.11. The minimum atomic E-state index is -0.137. The summed E-state index contributed by atoms with van der Waals surface area (Å²) < 4.78 is 10.7. The Morgan fingerprint density at radius 2 is 1.65 bits per heavy atom. The molecule has 0 radical (unpaired) electrons. The second kappa shape index (κ2) is 6.04. The molecular formula is C18H17NO4. The Morgan fingerprint density at radius 3 is 2.35 bits per heavy atom. The number of benzene rings is 2. The van der Waals surface area contributed by atoms with Gasteiger partial charge in [-0.15, -0.1) is 0 Å². The third-order valence-electron chi connectivity index (χ3n) is 3.76. The van der Waals surface area contributed by atoms with Crippen LogP contribution in [0.2, 0.25) is 0 Å². The van der Waals surface area contributed by atoms with Gasteiger partial charge in [0.2, 0.25) is 0 Å². The van der Waals surface area contributed by atoms with E-state index >= 15 is 0 Å². The van der Waals surface area contributed by atoms with Crippen LogP contribution >= 0.6 is 0 Å². The fourth-order valence-corrected chi connectivity index (χ4v) is 2.57. The number of ether oxygens (including phenoxy) is 2. The molecule has 3 rings (SSSR count). The Kier molecular flexibility index (Phi) is 3.93. The molecule has 5 heteroatoms. The fourth-order valence-electron chi connectivity index (χ4n) is 2.57. The molecule has 23 heavy (non-hydrogen) atoms. The first-order valence-corrected chi connectivity index (χ1v) is 7.13. The van der Waals surface area contributed by atoms with E-state index in [2.05, 4.69) is 4.98 Å². The Labute approximate surface area is 133 Å². The van der Waals surface area contributed by atoms with Crippen molar-refractivity contribution >= 4 is 10.8 Å². The number of phenols is 2. The molecule has 2 aromatic carbocycles. The molecule has 0 saturated carbocycles. The summed E-state index contributed by atoms with van der Waals surface area (Å²) in [6.07, 6.45) is 2.27. The van der Waals surface area contributed by atoms with E-state index in [1.807, 2.05) is 18.2 Å². The van der Waals surface area contributed by atoms with Gasteiger partial charge in [0.15, 0.2) is 23.0 Å². The van der Waals surface area contributed by atoms with Crippen LogP contribution in [-0.4, -0.2) is 29.4 Å². The minimum Gasteiger partial charge on any atom is -0.504 e. The first-order valence-electron chi connectivity index (χ1n) is 7.13. The monoisotopic (exact) mass is 311 g/mol. The largest absolute Gasteiger partial charge is 0.504 e. The third kappa shape index (κ3) is 2.85. The van der Waals surface area contributed by atoms with Crippen molar-refractivity contribution in [1.82, 2.24) is 4.98 Å². The van der Waals surface area contributed by atoms with Gasteiger partial charge in [-0.1, -0.05) is 6.07 Å². The Morgan fingerprint density at radius 1 is 0.913 bits per heavy atom. The van der Waals surface area contributed by atoms with Gasteiger partial charge in [0.25, 0.3) is 0 Å². The predicted octanol–water partition coefficient (Wildman–Crippen LogP) is 3.25. The van der Waals surface area contributed by atoms with E-state index in [9.17, 15) is 10.2 Å². The Bertz CT molecular complexity index is 861. The van der Waals surface area contributed by atoms with Crippen LogP contribution in [0.3, 0.4) is 0 Å². The maximum atomic E-state index is 9.63. The predicted molar refractivity (Wildman–Crippen MR) is 87.4 cm³/mol. The number of hydrogen-bond acceptors (Lipinski definition) is 5. The lowest BCUT2D eigenvalue weighted by Crippen LogP contribution is -1.96. The summed E-state index contributed by atoms with van der Waals surface area (Å²) in [5.41, 5.74) is 1.71. The van der Waals surface area contributed by atoms with Crippen molar-refractivity contribution in [1.29, 1.82) is 0 Å². The number of aromatic nitrogens is 1. The second-order valence-electron chi connectivity index (χ2n) is 5.19. The molecule has 0 aliphatic rings. The van der Waals surface area contributed by atoms with Gasteiger partial charge in [0, 0.05) is 18.0 Å². The third-order valence-corrected chi connectivity index (χ3v) is 3.76. The molecule has 3 aromatic rings. The molecule has 0 atom stereocenters. The molecule has 0 bridgehead atoms. The van der Waals surface area contributed by atoms with Gasteiger partial charge in [0.05, 0.1) is 19.9 Å². The van der Waals surface area contributed by atoms with Crippen LogP contribution in [0.5, 0.6) is 23.0 Å². The summed E-state index contributed by atoms with van der Waals surface area (Å²) in [6.45, 7) is 0. The van der Waals surface area contributed by atoms with E-state index in [0.29, 0.717) is 17.9 Å². The topological polar surface area (TPSA) is 71.8 Å². The highest BCUT2D eigenvalue weighted by molar-refractivity contribution is 5.88. The molecule has 118 valence electrons. The molecule has 0 fully saturated rings. The Balaban J connectivity index is 2.08. The molecule has 0 unspecified atom stereocenters. The molecule has 5 nitrogen and oxygen atoms in total. The number of hydrogen-bond donors (Lipinski definition) is 2. The van der Waals surface area contributed by atoms with Crippen molar-refractivity contribution in [3.8, 4) is 23.0 Å². The number of rotatable bonds is 4. The van der Waals surface area contributed by atoms with Crippen LogP contribution in [-0.2, 0) is 6.42 Å². The highest BCUT2D eigenvalue weighted by atomic mass is 16.5. The molecule has 0 amide bonds. The van der Waals surface area contributed by atoms with Crippen molar-refractivity contribution in [3.05, 3.63) is 53.9 Å². The summed E-state index contributed by atoms with van der Waals surface area (Å²) in [6, 6.07) is 10.5. The summed E-state index contributed by atoms with van der Waals surface area (Å²) in [7, 11) is 3.20. The summed E-state index contributed by atoms with van der Waals surface area (Å²) in [5, 5.41) is 21.0. The normalized spacial score (nSPS) is 10.7. The molecule has 0 saturated heterocycles. The van der Waals surface area contributed by atoms with Gasteiger partial charge < -0.3 is 19.7 Å². The molecule has 1 heterocycles. The zero-order valence-corrected chi connectivity index (χ0v) is 12.9. The van der Waals surface area contributed by atoms with Gasteiger partial charge in [-0.05, 0) is 41.3 Å². The number of phenolic OH excluding ortho intramolecular Hbond substituents is 2. The van der Waals surface area contributed by atoms with Gasteiger partial charge in [-0.3, -0.25) is 4.98 Å². The highest BCUT2D eigenvalue weighted by Crippen LogP contribution is 2.34. The number of fused-ring (bicyclic) bond motifs is 1. The molecule has 0 spiro atoms. The van der Waals surface area contributed by atoms with Crippen molar-refractivity contribution in [2.75, 3.05) is 14.2 Å². The standard InChI is InChI=1S/C18H17NO4/c1-22-17-9-12-5-6-19-14(13(12)10-18(17)23-2)7-11-3-4-15(20)16(21)8-11/h3-6,8-10,20-21H,7H2,1-2H3. The zero-order chi connectivity index (χ0) is 16.4. The van der Waals surface area contributed by atoms with Gasteiger partial charge in [-0.25, -0.2) is 0 Å². The van der Waals surface area contributed by atoms with Gasteiger partial charge >= 0.3 is 0 Å². The van der Waals surface area contributed by atoms with E-state index < -0.39 is 0 Å². The number of nitrogens with zero attached hydrogens (tertiary/aromatic N) is 1. The Hall–Kier alpha value is -2.95. The van der Waals surface area contributed by atoms with Gasteiger partial charge in [0.1, 0.15) is 0 Å². The van der Waals surface area contributed by atoms with Crippen molar-refractivity contribution < 1.29 is 19.7 Å². The number of aromatic hydroxyl groups is 2. The lowest BCUT2D eigenvalue weighted by molar-refractivity contribution is 0.356. The molecule has 0 aliphatic carbocycles. The van der Waals surface area contributed by atoms with Crippen molar-refractivity contribution in [2.24, 2.45) is 0 Å². The summed E-state index contributed by atoms with van der Waals surface area (Å²) in [4.78, 5) is 4.44. The first kappa shape index (κ1) is 15.0. The van der Waals surface area contributed by atoms with E-state index in [1.54, 1.807) is 26.5 Å². The molecular weight excluding hydrogens is 294 g/mol. The summed E-state index contributed by atoms with van der Waals surface area (Å²) >= 11 is 0. The van der Waals surface area contributed by atoms with Crippen molar-refractivity contribution in [2.45, 2.75) is 6.42 Å². The van der Waals surface area contributed by atoms with Crippen LogP contribution in [0.1, 0.15) is 11.3 Å². The van der Waals surface area contributed by atoms with E-state index in [1.165, 1.54) is 12.1 Å². The number of methoxy groups -OCH3 is 2. The summed E-state index contributed by atoms with van der Waals surface area (Å²) in [5.74, 6) is 1.04.